The SMILES string of the molecule is COC(=O)C1CCN(C)CC1C(C)C. The van der Waals surface area contributed by atoms with Crippen LogP contribution in [0.4, 0.5) is 0 Å². The molecule has 3 nitrogen and oxygen atoms in total. The van der Waals surface area contributed by atoms with E-state index in [4.69, 9.17) is 4.74 Å². The highest BCUT2D eigenvalue weighted by atomic mass is 16.5. The summed E-state index contributed by atoms with van der Waals surface area (Å²) in [5.74, 6) is 1.07. The molecule has 0 aromatic rings. The second kappa shape index (κ2) is 4.78. The number of methoxy groups -OCH3 is 1. The van der Waals surface area contributed by atoms with Crippen molar-refractivity contribution in [1.82, 2.24) is 4.90 Å². The zero-order valence-corrected chi connectivity index (χ0v) is 9.62. The minimum absolute atomic E-state index is 0.0307. The molecule has 14 heavy (non-hydrogen) atoms. The van der Waals surface area contributed by atoms with Crippen molar-refractivity contribution >= 4 is 5.97 Å². The lowest BCUT2D eigenvalue weighted by Crippen LogP contribution is -2.43. The largest absolute Gasteiger partial charge is 0.469 e. The summed E-state index contributed by atoms with van der Waals surface area (Å²) in [5.41, 5.74) is 0. The Bertz CT molecular complexity index is 203. The smallest absolute Gasteiger partial charge is 0.309 e. The van der Waals surface area contributed by atoms with Gasteiger partial charge in [-0.05, 0) is 31.8 Å². The van der Waals surface area contributed by atoms with Crippen LogP contribution in [0.2, 0.25) is 0 Å². The van der Waals surface area contributed by atoms with Crippen molar-refractivity contribution in [1.29, 1.82) is 0 Å². The van der Waals surface area contributed by atoms with Gasteiger partial charge in [-0.25, -0.2) is 0 Å². The van der Waals surface area contributed by atoms with E-state index in [-0.39, 0.29) is 11.9 Å². The zero-order valence-electron chi connectivity index (χ0n) is 9.62. The van der Waals surface area contributed by atoms with Gasteiger partial charge in [-0.15, -0.1) is 0 Å². The van der Waals surface area contributed by atoms with Crippen LogP contribution in [-0.4, -0.2) is 38.1 Å². The highest BCUT2D eigenvalue weighted by Crippen LogP contribution is 2.29. The molecule has 1 rings (SSSR count). The van der Waals surface area contributed by atoms with E-state index in [0.29, 0.717) is 11.8 Å². The lowest BCUT2D eigenvalue weighted by molar-refractivity contribution is -0.150. The number of esters is 1. The molecule has 1 aliphatic heterocycles. The number of nitrogens with zero attached hydrogens (tertiary/aromatic N) is 1. The normalized spacial score (nSPS) is 29.2. The molecule has 0 bridgehead atoms. The molecule has 2 unspecified atom stereocenters. The van der Waals surface area contributed by atoms with E-state index < -0.39 is 0 Å². The van der Waals surface area contributed by atoms with Crippen LogP contribution in [0.1, 0.15) is 20.3 Å². The highest BCUT2D eigenvalue weighted by Gasteiger charge is 2.35. The van der Waals surface area contributed by atoms with Crippen LogP contribution in [0.25, 0.3) is 0 Å². The molecular weight excluding hydrogens is 178 g/mol. The van der Waals surface area contributed by atoms with E-state index in [2.05, 4.69) is 25.8 Å². The lowest BCUT2D eigenvalue weighted by atomic mass is 9.78. The predicted octanol–water partition coefficient (Wildman–Crippen LogP) is 1.38. The molecular formula is C11H21NO2. The maximum atomic E-state index is 11.5. The van der Waals surface area contributed by atoms with E-state index >= 15 is 0 Å². The van der Waals surface area contributed by atoms with Crippen molar-refractivity contribution in [2.45, 2.75) is 20.3 Å². The fraction of sp³-hybridized carbons (Fsp3) is 0.909. The molecule has 0 radical (unpaired) electrons. The molecule has 0 N–H and O–H groups in total. The van der Waals surface area contributed by atoms with Crippen molar-refractivity contribution in [3.8, 4) is 0 Å². The fourth-order valence-corrected chi connectivity index (χ4v) is 2.27. The van der Waals surface area contributed by atoms with Gasteiger partial charge >= 0.3 is 5.97 Å². The first kappa shape index (κ1) is 11.5. The summed E-state index contributed by atoms with van der Waals surface area (Å²) < 4.78 is 4.85. The standard InChI is InChI=1S/C11H21NO2/c1-8(2)10-7-12(3)6-5-9(10)11(13)14-4/h8-10H,5-7H2,1-4H3. The molecule has 0 spiro atoms. The Balaban J connectivity index is 2.67. The van der Waals surface area contributed by atoms with Crippen molar-refractivity contribution < 1.29 is 9.53 Å². The summed E-state index contributed by atoms with van der Waals surface area (Å²) in [6.07, 6.45) is 0.937. The molecule has 0 aromatic carbocycles. The number of carbonyl (C=O) groups is 1. The molecule has 82 valence electrons. The number of hydrogen-bond donors (Lipinski definition) is 0. The Morgan fingerprint density at radius 2 is 2.14 bits per heavy atom. The summed E-state index contributed by atoms with van der Waals surface area (Å²) in [7, 11) is 3.60. The Kier molecular flexibility index (Phi) is 3.93. The van der Waals surface area contributed by atoms with Crippen LogP contribution < -0.4 is 0 Å². The van der Waals surface area contributed by atoms with Crippen LogP contribution in [0.5, 0.6) is 0 Å². The molecule has 1 aliphatic rings. The van der Waals surface area contributed by atoms with Crippen LogP contribution in [-0.2, 0) is 9.53 Å². The molecule has 1 fully saturated rings. The fourth-order valence-electron chi connectivity index (χ4n) is 2.27. The summed E-state index contributed by atoms with van der Waals surface area (Å²) in [6.45, 7) is 6.37. The number of hydrogen-bond acceptors (Lipinski definition) is 3. The minimum Gasteiger partial charge on any atom is -0.469 e. The first-order valence-electron chi connectivity index (χ1n) is 5.32. The molecule has 1 saturated heterocycles. The molecule has 0 aromatic heterocycles. The van der Waals surface area contributed by atoms with Gasteiger partial charge in [0.2, 0.25) is 0 Å². The predicted molar refractivity (Wildman–Crippen MR) is 55.9 cm³/mol. The summed E-state index contributed by atoms with van der Waals surface area (Å²) in [6, 6.07) is 0. The van der Waals surface area contributed by atoms with Crippen LogP contribution in [0.3, 0.4) is 0 Å². The maximum absolute atomic E-state index is 11.5. The molecule has 3 heteroatoms. The van der Waals surface area contributed by atoms with Gasteiger partial charge in [0.25, 0.3) is 0 Å². The molecule has 0 aliphatic carbocycles. The number of likely N-dealkylation sites (tertiary alicyclic amines) is 1. The Labute approximate surface area is 86.4 Å². The zero-order chi connectivity index (χ0) is 10.7. The van der Waals surface area contributed by atoms with Crippen molar-refractivity contribution in [3.63, 3.8) is 0 Å². The number of rotatable bonds is 2. The molecule has 2 atom stereocenters. The van der Waals surface area contributed by atoms with Crippen LogP contribution in [0.15, 0.2) is 0 Å². The number of carbonyl (C=O) groups excluding carboxylic acids is 1. The van der Waals surface area contributed by atoms with E-state index in [9.17, 15) is 4.79 Å². The van der Waals surface area contributed by atoms with Gasteiger partial charge in [-0.3, -0.25) is 4.79 Å². The van der Waals surface area contributed by atoms with E-state index in [0.717, 1.165) is 19.5 Å². The van der Waals surface area contributed by atoms with Gasteiger partial charge in [0, 0.05) is 6.54 Å². The van der Waals surface area contributed by atoms with Gasteiger partial charge in [0.05, 0.1) is 13.0 Å². The third kappa shape index (κ3) is 2.47. The Morgan fingerprint density at radius 1 is 1.50 bits per heavy atom. The second-order valence-electron chi connectivity index (χ2n) is 4.59. The minimum atomic E-state index is -0.0307. The maximum Gasteiger partial charge on any atom is 0.309 e. The first-order valence-corrected chi connectivity index (χ1v) is 5.32. The molecule has 0 amide bonds. The molecule has 1 heterocycles. The lowest BCUT2D eigenvalue weighted by Gasteiger charge is -2.37. The topological polar surface area (TPSA) is 29.5 Å². The third-order valence-corrected chi connectivity index (χ3v) is 3.22. The van der Waals surface area contributed by atoms with Crippen molar-refractivity contribution in [2.24, 2.45) is 17.8 Å². The molecule has 0 saturated carbocycles. The van der Waals surface area contributed by atoms with Crippen molar-refractivity contribution in [3.05, 3.63) is 0 Å². The van der Waals surface area contributed by atoms with Gasteiger partial charge < -0.3 is 9.64 Å². The van der Waals surface area contributed by atoms with Gasteiger partial charge in [0.1, 0.15) is 0 Å². The summed E-state index contributed by atoms with van der Waals surface area (Å²) in [4.78, 5) is 13.8. The monoisotopic (exact) mass is 199 g/mol. The van der Waals surface area contributed by atoms with Gasteiger partial charge in [0.15, 0.2) is 0 Å². The van der Waals surface area contributed by atoms with Crippen LogP contribution in [0, 0.1) is 17.8 Å². The van der Waals surface area contributed by atoms with E-state index in [1.807, 2.05) is 0 Å². The number of piperidine rings is 1. The van der Waals surface area contributed by atoms with Crippen molar-refractivity contribution in [2.75, 3.05) is 27.2 Å². The average molecular weight is 199 g/mol. The van der Waals surface area contributed by atoms with Gasteiger partial charge in [-0.2, -0.15) is 0 Å². The summed E-state index contributed by atoms with van der Waals surface area (Å²) in [5, 5.41) is 0. The van der Waals surface area contributed by atoms with Crippen LogP contribution >= 0.6 is 0 Å². The number of ether oxygens (including phenoxy) is 1. The summed E-state index contributed by atoms with van der Waals surface area (Å²) >= 11 is 0. The Morgan fingerprint density at radius 3 is 2.64 bits per heavy atom. The van der Waals surface area contributed by atoms with E-state index in [1.54, 1.807) is 0 Å². The quantitative estimate of drug-likeness (QED) is 0.629. The third-order valence-electron chi connectivity index (χ3n) is 3.22. The van der Waals surface area contributed by atoms with E-state index in [1.165, 1.54) is 7.11 Å². The van der Waals surface area contributed by atoms with Gasteiger partial charge in [-0.1, -0.05) is 13.8 Å². The second-order valence-corrected chi connectivity index (χ2v) is 4.59. The first-order chi connectivity index (χ1) is 6.56. The average Bonchev–Trinajstić information content (AvgIpc) is 2.16. The Hall–Kier alpha value is -0.570. The highest BCUT2D eigenvalue weighted by molar-refractivity contribution is 5.72.